The van der Waals surface area contributed by atoms with Gasteiger partial charge in [-0.1, -0.05) is 26.0 Å². The maximum Gasteiger partial charge on any atom is 0.335 e. The van der Waals surface area contributed by atoms with Crippen molar-refractivity contribution in [1.82, 2.24) is 10.2 Å². The Balaban J connectivity index is 2.40. The van der Waals surface area contributed by atoms with Crippen molar-refractivity contribution in [2.75, 3.05) is 19.6 Å². The molecule has 20 heavy (non-hydrogen) atoms. The van der Waals surface area contributed by atoms with Crippen LogP contribution in [0.3, 0.4) is 0 Å². The normalized spacial score (nSPS) is 12.6. The number of carboxylic acid groups (broad SMARTS) is 1. The zero-order chi connectivity index (χ0) is 15.0. The average molecular weight is 278 g/mol. The Bertz CT molecular complexity index is 403. The van der Waals surface area contributed by atoms with E-state index in [1.165, 1.54) is 6.42 Å². The number of nitrogens with one attached hydrogen (secondary N) is 1. The molecule has 0 fully saturated rings. The van der Waals surface area contributed by atoms with E-state index in [4.69, 9.17) is 5.11 Å². The van der Waals surface area contributed by atoms with Crippen LogP contribution in [0.2, 0.25) is 0 Å². The van der Waals surface area contributed by atoms with Gasteiger partial charge in [-0.15, -0.1) is 0 Å². The van der Waals surface area contributed by atoms with Gasteiger partial charge in [-0.3, -0.25) is 0 Å². The second-order valence-corrected chi connectivity index (χ2v) is 5.18. The topological polar surface area (TPSA) is 52.6 Å². The minimum Gasteiger partial charge on any atom is -0.478 e. The summed E-state index contributed by atoms with van der Waals surface area (Å²) < 4.78 is 0. The molecule has 0 bridgehead atoms. The third-order valence-corrected chi connectivity index (χ3v) is 3.37. The van der Waals surface area contributed by atoms with E-state index in [2.05, 4.69) is 31.0 Å². The molecule has 0 saturated heterocycles. The Hall–Kier alpha value is -1.39. The van der Waals surface area contributed by atoms with Gasteiger partial charge in [0, 0.05) is 19.1 Å². The number of likely N-dealkylation sites (N-methyl/N-ethyl adjacent to an activating group) is 1. The van der Waals surface area contributed by atoms with Crippen LogP contribution in [-0.2, 0) is 6.54 Å². The largest absolute Gasteiger partial charge is 0.478 e. The number of carboxylic acids is 1. The summed E-state index contributed by atoms with van der Waals surface area (Å²) in [6.45, 7) is 10.6. The Morgan fingerprint density at radius 2 is 1.95 bits per heavy atom. The van der Waals surface area contributed by atoms with E-state index >= 15 is 0 Å². The molecule has 1 aromatic carbocycles. The molecule has 0 spiro atoms. The maximum atomic E-state index is 10.8. The molecule has 112 valence electrons. The SMILES string of the molecule is CCCN(CC)C[C@@H](C)NCc1ccc(C(=O)O)cc1. The van der Waals surface area contributed by atoms with Crippen LogP contribution in [0.25, 0.3) is 0 Å². The van der Waals surface area contributed by atoms with Crippen LogP contribution in [0.4, 0.5) is 0 Å². The Morgan fingerprint density at radius 1 is 1.30 bits per heavy atom. The van der Waals surface area contributed by atoms with Crippen LogP contribution in [0.5, 0.6) is 0 Å². The summed E-state index contributed by atoms with van der Waals surface area (Å²) in [4.78, 5) is 13.2. The third kappa shape index (κ3) is 5.72. The minimum absolute atomic E-state index is 0.335. The minimum atomic E-state index is -0.879. The first kappa shape index (κ1) is 16.7. The Morgan fingerprint density at radius 3 is 2.45 bits per heavy atom. The van der Waals surface area contributed by atoms with Gasteiger partial charge < -0.3 is 15.3 Å². The number of carbonyl (C=O) groups is 1. The predicted octanol–water partition coefficient (Wildman–Crippen LogP) is 2.59. The molecule has 0 unspecified atom stereocenters. The molecule has 0 aromatic heterocycles. The van der Waals surface area contributed by atoms with Crippen molar-refractivity contribution >= 4 is 5.97 Å². The zero-order valence-electron chi connectivity index (χ0n) is 12.7. The fourth-order valence-electron chi connectivity index (χ4n) is 2.20. The van der Waals surface area contributed by atoms with Crippen LogP contribution in [0.15, 0.2) is 24.3 Å². The third-order valence-electron chi connectivity index (χ3n) is 3.37. The summed E-state index contributed by atoms with van der Waals surface area (Å²) in [6, 6.07) is 7.46. The highest BCUT2D eigenvalue weighted by Crippen LogP contribution is 2.05. The lowest BCUT2D eigenvalue weighted by atomic mass is 10.1. The first-order valence-corrected chi connectivity index (χ1v) is 7.34. The van der Waals surface area contributed by atoms with E-state index in [9.17, 15) is 4.79 Å². The number of nitrogens with zero attached hydrogens (tertiary/aromatic N) is 1. The quantitative estimate of drug-likeness (QED) is 0.729. The molecule has 1 rings (SSSR count). The molecule has 1 aromatic rings. The molecular formula is C16H26N2O2. The molecule has 0 amide bonds. The van der Waals surface area contributed by atoms with E-state index in [0.29, 0.717) is 11.6 Å². The van der Waals surface area contributed by atoms with E-state index < -0.39 is 5.97 Å². The first-order chi connectivity index (χ1) is 9.56. The zero-order valence-corrected chi connectivity index (χ0v) is 12.7. The highest BCUT2D eigenvalue weighted by Gasteiger charge is 2.08. The van der Waals surface area contributed by atoms with Gasteiger partial charge in [0.05, 0.1) is 5.56 Å². The molecule has 4 heteroatoms. The van der Waals surface area contributed by atoms with Crippen molar-refractivity contribution in [3.63, 3.8) is 0 Å². The van der Waals surface area contributed by atoms with Crippen LogP contribution in [0, 0.1) is 0 Å². The predicted molar refractivity (Wildman–Crippen MR) is 82.1 cm³/mol. The second-order valence-electron chi connectivity index (χ2n) is 5.18. The highest BCUT2D eigenvalue weighted by atomic mass is 16.4. The van der Waals surface area contributed by atoms with Gasteiger partial charge in [0.1, 0.15) is 0 Å². The van der Waals surface area contributed by atoms with Crippen molar-refractivity contribution < 1.29 is 9.90 Å². The average Bonchev–Trinajstić information content (AvgIpc) is 2.45. The van der Waals surface area contributed by atoms with Gasteiger partial charge in [-0.05, 0) is 44.1 Å². The smallest absolute Gasteiger partial charge is 0.335 e. The van der Waals surface area contributed by atoms with Crippen LogP contribution < -0.4 is 5.32 Å². The summed E-state index contributed by atoms with van der Waals surface area (Å²) >= 11 is 0. The molecular weight excluding hydrogens is 252 g/mol. The molecule has 0 aliphatic rings. The molecule has 2 N–H and O–H groups in total. The van der Waals surface area contributed by atoms with Gasteiger partial charge in [0.25, 0.3) is 0 Å². The van der Waals surface area contributed by atoms with Gasteiger partial charge in [-0.25, -0.2) is 4.79 Å². The second kappa shape index (κ2) is 8.72. The standard InChI is InChI=1S/C16H26N2O2/c1-4-10-18(5-2)12-13(3)17-11-14-6-8-15(9-7-14)16(19)20/h6-9,13,17H,4-5,10-12H2,1-3H3,(H,19,20)/t13-/m1/s1. The molecule has 0 radical (unpaired) electrons. The summed E-state index contributed by atoms with van der Waals surface area (Å²) in [6.07, 6.45) is 1.18. The monoisotopic (exact) mass is 278 g/mol. The van der Waals surface area contributed by atoms with Crippen LogP contribution in [0.1, 0.15) is 43.1 Å². The number of benzene rings is 1. The van der Waals surface area contributed by atoms with Crippen molar-refractivity contribution in [2.24, 2.45) is 0 Å². The van der Waals surface area contributed by atoms with Gasteiger partial charge in [0.2, 0.25) is 0 Å². The molecule has 0 heterocycles. The van der Waals surface area contributed by atoms with E-state index in [0.717, 1.165) is 31.7 Å². The van der Waals surface area contributed by atoms with Gasteiger partial charge in [-0.2, -0.15) is 0 Å². The number of rotatable bonds is 9. The summed E-state index contributed by atoms with van der Waals surface area (Å²) in [5.74, 6) is -0.879. The molecule has 0 aliphatic carbocycles. The lowest BCUT2D eigenvalue weighted by Gasteiger charge is -2.24. The summed E-state index contributed by atoms with van der Waals surface area (Å²) in [7, 11) is 0. The number of aromatic carboxylic acids is 1. The molecule has 0 saturated carbocycles. The molecule has 0 aliphatic heterocycles. The van der Waals surface area contributed by atoms with E-state index in [1.807, 2.05) is 12.1 Å². The Kier molecular flexibility index (Phi) is 7.26. The summed E-state index contributed by atoms with van der Waals surface area (Å²) in [5, 5.41) is 12.3. The van der Waals surface area contributed by atoms with Crippen LogP contribution in [-0.4, -0.2) is 41.7 Å². The van der Waals surface area contributed by atoms with Gasteiger partial charge in [0.15, 0.2) is 0 Å². The molecule has 4 nitrogen and oxygen atoms in total. The Labute approximate surface area is 121 Å². The highest BCUT2D eigenvalue weighted by molar-refractivity contribution is 5.87. The number of hydrogen-bond donors (Lipinski definition) is 2. The fourth-order valence-corrected chi connectivity index (χ4v) is 2.20. The fraction of sp³-hybridized carbons (Fsp3) is 0.562. The lowest BCUT2D eigenvalue weighted by molar-refractivity contribution is 0.0697. The van der Waals surface area contributed by atoms with Gasteiger partial charge >= 0.3 is 5.97 Å². The van der Waals surface area contributed by atoms with E-state index in [-0.39, 0.29) is 0 Å². The molecule has 1 atom stereocenters. The van der Waals surface area contributed by atoms with Crippen molar-refractivity contribution in [2.45, 2.75) is 39.8 Å². The van der Waals surface area contributed by atoms with Crippen molar-refractivity contribution in [1.29, 1.82) is 0 Å². The lowest BCUT2D eigenvalue weighted by Crippen LogP contribution is -2.39. The first-order valence-electron chi connectivity index (χ1n) is 7.34. The van der Waals surface area contributed by atoms with Crippen molar-refractivity contribution in [3.8, 4) is 0 Å². The maximum absolute atomic E-state index is 10.8. The summed E-state index contributed by atoms with van der Waals surface area (Å²) in [5.41, 5.74) is 1.45. The van der Waals surface area contributed by atoms with Crippen molar-refractivity contribution in [3.05, 3.63) is 35.4 Å². The number of hydrogen-bond acceptors (Lipinski definition) is 3. The van der Waals surface area contributed by atoms with E-state index in [1.54, 1.807) is 12.1 Å². The van der Waals surface area contributed by atoms with Crippen LogP contribution >= 0.6 is 0 Å².